The molecule has 0 aliphatic carbocycles. The molecular weight excluding hydrogens is 524 g/mol. The summed E-state index contributed by atoms with van der Waals surface area (Å²) in [7, 11) is 0. The Labute approximate surface area is 229 Å². The van der Waals surface area contributed by atoms with Gasteiger partial charge in [-0.15, -0.1) is 23.4 Å². The fourth-order valence-corrected chi connectivity index (χ4v) is 6.72. The minimum atomic E-state index is -1.59. The van der Waals surface area contributed by atoms with Crippen LogP contribution < -0.4 is 0 Å². The Morgan fingerprint density at radius 2 is 1.68 bits per heavy atom. The lowest BCUT2D eigenvalue weighted by Gasteiger charge is -2.40. The van der Waals surface area contributed by atoms with Crippen LogP contribution in [-0.2, 0) is 19.1 Å². The SMILES string of the molecule is C[C@@]1(C(O)C(=O)CCl)SC2/C(=C\c3ccccn3)C(=O)N2[C@H]1C(=O)OC(c1ccccc1)c1ccccc1. The van der Waals surface area contributed by atoms with Gasteiger partial charge in [0.1, 0.15) is 17.5 Å². The lowest BCUT2D eigenvalue weighted by molar-refractivity contribution is -0.162. The van der Waals surface area contributed by atoms with E-state index in [2.05, 4.69) is 4.98 Å². The van der Waals surface area contributed by atoms with Gasteiger partial charge >= 0.3 is 5.97 Å². The molecule has 2 saturated heterocycles. The topological polar surface area (TPSA) is 96.8 Å². The van der Waals surface area contributed by atoms with Crippen molar-refractivity contribution >= 4 is 47.1 Å². The molecule has 0 bridgehead atoms. The van der Waals surface area contributed by atoms with Gasteiger partial charge < -0.3 is 14.7 Å². The molecule has 0 saturated carbocycles. The van der Waals surface area contributed by atoms with Crippen LogP contribution in [0.25, 0.3) is 6.08 Å². The molecule has 1 N–H and O–H groups in total. The molecule has 0 radical (unpaired) electrons. The summed E-state index contributed by atoms with van der Waals surface area (Å²) in [5.41, 5.74) is 2.52. The number of aliphatic hydroxyl groups excluding tert-OH is 1. The summed E-state index contributed by atoms with van der Waals surface area (Å²) in [5.74, 6) is -2.15. The molecule has 0 spiro atoms. The summed E-state index contributed by atoms with van der Waals surface area (Å²) in [6, 6.07) is 22.7. The van der Waals surface area contributed by atoms with E-state index in [9.17, 15) is 19.5 Å². The summed E-state index contributed by atoms with van der Waals surface area (Å²) in [4.78, 5) is 45.5. The average molecular weight is 549 g/mol. The van der Waals surface area contributed by atoms with E-state index in [1.807, 2.05) is 66.7 Å². The molecule has 2 aliphatic rings. The quantitative estimate of drug-likeness (QED) is 0.197. The number of alkyl halides is 1. The molecule has 2 fully saturated rings. The Kier molecular flexibility index (Phi) is 7.38. The molecule has 2 aromatic carbocycles. The monoisotopic (exact) mass is 548 g/mol. The number of aliphatic hydroxyl groups is 1. The highest BCUT2D eigenvalue weighted by molar-refractivity contribution is 8.02. The number of hydrogen-bond donors (Lipinski definition) is 1. The van der Waals surface area contributed by atoms with E-state index in [4.69, 9.17) is 16.3 Å². The first-order valence-corrected chi connectivity index (χ1v) is 13.5. The minimum Gasteiger partial charge on any atom is -0.451 e. The molecule has 2 aliphatic heterocycles. The number of ketones is 1. The van der Waals surface area contributed by atoms with Crippen LogP contribution in [0.5, 0.6) is 0 Å². The highest BCUT2D eigenvalue weighted by atomic mass is 35.5. The van der Waals surface area contributed by atoms with Crippen LogP contribution >= 0.6 is 23.4 Å². The number of thioether (sulfide) groups is 1. The number of carbonyl (C=O) groups excluding carboxylic acids is 3. The summed E-state index contributed by atoms with van der Waals surface area (Å²) in [6.45, 7) is 1.60. The third-order valence-electron chi connectivity index (χ3n) is 6.82. The zero-order chi connectivity index (χ0) is 26.9. The van der Waals surface area contributed by atoms with Crippen molar-refractivity contribution in [3.8, 4) is 0 Å². The molecule has 9 heteroatoms. The van der Waals surface area contributed by atoms with Gasteiger partial charge in [-0.2, -0.15) is 0 Å². The van der Waals surface area contributed by atoms with Crippen LogP contribution in [0.1, 0.15) is 29.8 Å². The first-order valence-electron chi connectivity index (χ1n) is 12.1. The molecule has 4 atom stereocenters. The number of amides is 1. The summed E-state index contributed by atoms with van der Waals surface area (Å²) < 4.78 is 4.70. The number of rotatable bonds is 8. The molecule has 1 aromatic heterocycles. The van der Waals surface area contributed by atoms with E-state index in [-0.39, 0.29) is 5.91 Å². The van der Waals surface area contributed by atoms with Crippen molar-refractivity contribution in [3.63, 3.8) is 0 Å². The van der Waals surface area contributed by atoms with Crippen LogP contribution in [0.15, 0.2) is 90.6 Å². The molecule has 2 unspecified atom stereocenters. The molecule has 7 nitrogen and oxygen atoms in total. The molecule has 3 aromatic rings. The summed E-state index contributed by atoms with van der Waals surface area (Å²) in [6.07, 6.45) is 0.940. The van der Waals surface area contributed by atoms with Crippen molar-refractivity contribution in [2.75, 3.05) is 5.88 Å². The lowest BCUT2D eigenvalue weighted by atomic mass is 9.88. The maximum Gasteiger partial charge on any atom is 0.331 e. The second-order valence-electron chi connectivity index (χ2n) is 9.26. The maximum atomic E-state index is 13.9. The van der Waals surface area contributed by atoms with Crippen LogP contribution in [0.4, 0.5) is 0 Å². The van der Waals surface area contributed by atoms with Crippen molar-refractivity contribution in [1.82, 2.24) is 9.88 Å². The first kappa shape index (κ1) is 26.2. The second-order valence-corrected chi connectivity index (χ2v) is 11.1. The Hall–Kier alpha value is -3.46. The molecule has 194 valence electrons. The smallest absolute Gasteiger partial charge is 0.331 e. The largest absolute Gasteiger partial charge is 0.451 e. The van der Waals surface area contributed by atoms with Gasteiger partial charge in [0.25, 0.3) is 5.91 Å². The van der Waals surface area contributed by atoms with Crippen molar-refractivity contribution in [3.05, 3.63) is 107 Å². The zero-order valence-corrected chi connectivity index (χ0v) is 22.0. The highest BCUT2D eigenvalue weighted by Gasteiger charge is 2.66. The van der Waals surface area contributed by atoms with Gasteiger partial charge in [-0.1, -0.05) is 66.7 Å². The number of pyridine rings is 1. The van der Waals surface area contributed by atoms with Crippen LogP contribution in [0, 0.1) is 0 Å². The minimum absolute atomic E-state index is 0.375. The molecule has 3 heterocycles. The van der Waals surface area contributed by atoms with E-state index in [1.165, 1.54) is 16.7 Å². The van der Waals surface area contributed by atoms with Gasteiger partial charge in [-0.3, -0.25) is 14.6 Å². The fourth-order valence-electron chi connectivity index (χ4n) is 4.87. The van der Waals surface area contributed by atoms with E-state index in [1.54, 1.807) is 31.3 Å². The number of benzene rings is 2. The number of halogens is 1. The molecule has 38 heavy (non-hydrogen) atoms. The number of fused-ring (bicyclic) bond motifs is 1. The van der Waals surface area contributed by atoms with E-state index < -0.39 is 46.0 Å². The van der Waals surface area contributed by atoms with Gasteiger partial charge in [0.2, 0.25) is 0 Å². The normalized spacial score (nSPS) is 24.2. The highest BCUT2D eigenvalue weighted by Crippen LogP contribution is 2.55. The number of hydrogen-bond acceptors (Lipinski definition) is 7. The number of esters is 1. The van der Waals surface area contributed by atoms with Gasteiger partial charge in [0, 0.05) is 6.20 Å². The van der Waals surface area contributed by atoms with Crippen molar-refractivity contribution < 1.29 is 24.2 Å². The second kappa shape index (κ2) is 10.7. The molecule has 1 amide bonds. The Morgan fingerprint density at radius 3 is 2.24 bits per heavy atom. The molecular formula is C29H25ClN2O5S. The van der Waals surface area contributed by atoms with Gasteiger partial charge in [0.05, 0.1) is 21.9 Å². The fraction of sp³-hybridized carbons (Fsp3) is 0.241. The maximum absolute atomic E-state index is 13.9. The number of carbonyl (C=O) groups is 3. The third-order valence-corrected chi connectivity index (χ3v) is 8.74. The summed E-state index contributed by atoms with van der Waals surface area (Å²) >= 11 is 6.96. The standard InChI is InChI=1S/C29H25ClN2O5S/c1-29(25(34)22(33)17-30)24(32-26(35)21(27(32)38-29)16-20-14-8-9-15-31-20)28(36)37-23(18-10-4-2-5-11-18)19-12-6-3-7-13-19/h2-16,23-25,27,34H,17H2,1H3/b21-16-/t24-,25?,27?,29+/m0/s1. The Balaban J connectivity index is 1.51. The predicted molar refractivity (Wildman–Crippen MR) is 145 cm³/mol. The van der Waals surface area contributed by atoms with Crippen LogP contribution in [-0.4, -0.2) is 60.8 Å². The van der Waals surface area contributed by atoms with Crippen LogP contribution in [0.2, 0.25) is 0 Å². The Morgan fingerprint density at radius 1 is 1.08 bits per heavy atom. The number of β-lactam (4-membered cyclic amide) rings is 1. The zero-order valence-electron chi connectivity index (χ0n) is 20.4. The van der Waals surface area contributed by atoms with E-state index in [0.717, 1.165) is 11.1 Å². The Bertz CT molecular complexity index is 1330. The number of nitrogens with zero attached hydrogens (tertiary/aromatic N) is 2. The molecule has 5 rings (SSSR count). The first-order chi connectivity index (χ1) is 18.3. The van der Waals surface area contributed by atoms with Gasteiger partial charge in [0.15, 0.2) is 11.9 Å². The van der Waals surface area contributed by atoms with Gasteiger partial charge in [-0.05, 0) is 36.3 Å². The summed E-state index contributed by atoms with van der Waals surface area (Å²) in [5, 5.41) is 10.5. The number of aromatic nitrogens is 1. The van der Waals surface area contributed by atoms with E-state index in [0.29, 0.717) is 11.3 Å². The van der Waals surface area contributed by atoms with Crippen LogP contribution in [0.3, 0.4) is 0 Å². The predicted octanol–water partition coefficient (Wildman–Crippen LogP) is 4.01. The van der Waals surface area contributed by atoms with Crippen molar-refractivity contribution in [1.29, 1.82) is 0 Å². The third kappa shape index (κ3) is 4.64. The average Bonchev–Trinajstić information content (AvgIpc) is 3.25. The number of Topliss-reactive ketones (excluding diaryl/α,β-unsaturated/α-hetero) is 1. The van der Waals surface area contributed by atoms with Gasteiger partial charge in [-0.25, -0.2) is 4.79 Å². The number of ether oxygens (including phenoxy) is 1. The van der Waals surface area contributed by atoms with Crippen molar-refractivity contribution in [2.45, 2.75) is 35.3 Å². The van der Waals surface area contributed by atoms with Crippen molar-refractivity contribution in [2.24, 2.45) is 0 Å². The van der Waals surface area contributed by atoms with E-state index >= 15 is 0 Å². The lowest BCUT2D eigenvalue weighted by Crippen LogP contribution is -2.62.